The largest absolute Gasteiger partial charge is 0.491 e. The van der Waals surface area contributed by atoms with Gasteiger partial charge in [0.05, 0.1) is 6.61 Å². The minimum Gasteiger partial charge on any atom is -0.491 e. The number of aliphatic hydroxyl groups excluding tert-OH is 2. The summed E-state index contributed by atoms with van der Waals surface area (Å²) in [6, 6.07) is 6.90. The molecule has 6 heteroatoms. The molecule has 0 amide bonds. The van der Waals surface area contributed by atoms with E-state index in [2.05, 4.69) is 0 Å². The first-order valence-electron chi connectivity index (χ1n) is 5.17. The number of hydrogen-bond acceptors (Lipinski definition) is 5. The summed E-state index contributed by atoms with van der Waals surface area (Å²) in [5, 5.41) is 18.9. The number of rotatable bonds is 3. The van der Waals surface area contributed by atoms with Crippen molar-refractivity contribution in [3.63, 3.8) is 0 Å². The van der Waals surface area contributed by atoms with Gasteiger partial charge in [-0.25, -0.2) is 0 Å². The smallest absolute Gasteiger partial charge is 0.207 e. The third kappa shape index (κ3) is 3.55. The Kier molecular flexibility index (Phi) is 4.20. The molecular formula is C11H13ClO5. The van der Waals surface area contributed by atoms with Gasteiger partial charge in [-0.2, -0.15) is 0 Å². The van der Waals surface area contributed by atoms with Crippen LogP contribution in [0.1, 0.15) is 0 Å². The van der Waals surface area contributed by atoms with E-state index in [4.69, 9.17) is 30.9 Å². The Balaban J connectivity index is 1.80. The quantitative estimate of drug-likeness (QED) is 0.840. The van der Waals surface area contributed by atoms with Gasteiger partial charge in [-0.15, -0.1) is 0 Å². The van der Waals surface area contributed by atoms with Gasteiger partial charge in [-0.05, 0) is 24.3 Å². The van der Waals surface area contributed by atoms with Crippen LogP contribution in [0.15, 0.2) is 24.3 Å². The molecule has 1 saturated heterocycles. The van der Waals surface area contributed by atoms with E-state index in [1.54, 1.807) is 24.3 Å². The summed E-state index contributed by atoms with van der Waals surface area (Å²) in [7, 11) is 0. The molecular weight excluding hydrogens is 248 g/mol. The highest BCUT2D eigenvalue weighted by Gasteiger charge is 2.29. The maximum absolute atomic E-state index is 9.21. The van der Waals surface area contributed by atoms with E-state index in [0.29, 0.717) is 10.8 Å². The zero-order chi connectivity index (χ0) is 12.3. The van der Waals surface area contributed by atoms with Crippen molar-refractivity contribution >= 4 is 11.6 Å². The first kappa shape index (κ1) is 12.6. The summed E-state index contributed by atoms with van der Waals surface area (Å²) in [5.41, 5.74) is 0. The predicted molar refractivity (Wildman–Crippen MR) is 59.8 cm³/mol. The third-order valence-corrected chi connectivity index (χ3v) is 2.53. The average Bonchev–Trinajstić information content (AvgIpc) is 2.33. The second kappa shape index (κ2) is 5.66. The standard InChI is InChI=1S/C11H13ClO5/c12-7-1-3-8(4-2-7)15-5-9-6-16-10(13)11(14)17-9/h1-4,9-11,13-14H,5-6H2/t9-,10+,11-/m1/s1. The van der Waals surface area contributed by atoms with Crippen molar-refractivity contribution in [2.45, 2.75) is 18.7 Å². The lowest BCUT2D eigenvalue weighted by Gasteiger charge is -2.30. The molecule has 94 valence electrons. The van der Waals surface area contributed by atoms with Crippen LogP contribution in [0.4, 0.5) is 0 Å². The Hall–Kier alpha value is -0.850. The molecule has 0 spiro atoms. The molecule has 1 aromatic carbocycles. The van der Waals surface area contributed by atoms with E-state index in [-0.39, 0.29) is 13.2 Å². The molecule has 1 aliphatic heterocycles. The number of hydrogen-bond donors (Lipinski definition) is 2. The zero-order valence-electron chi connectivity index (χ0n) is 8.95. The van der Waals surface area contributed by atoms with Crippen LogP contribution in [-0.4, -0.2) is 42.1 Å². The van der Waals surface area contributed by atoms with Crippen molar-refractivity contribution in [1.82, 2.24) is 0 Å². The molecule has 0 saturated carbocycles. The minimum absolute atomic E-state index is 0.172. The van der Waals surface area contributed by atoms with Gasteiger partial charge in [0.2, 0.25) is 12.6 Å². The van der Waals surface area contributed by atoms with Crippen molar-refractivity contribution in [2.24, 2.45) is 0 Å². The van der Waals surface area contributed by atoms with Crippen LogP contribution < -0.4 is 4.74 Å². The van der Waals surface area contributed by atoms with Crippen molar-refractivity contribution in [2.75, 3.05) is 13.2 Å². The number of halogens is 1. The molecule has 2 N–H and O–H groups in total. The Morgan fingerprint density at radius 2 is 1.94 bits per heavy atom. The van der Waals surface area contributed by atoms with Crippen LogP contribution in [0.5, 0.6) is 5.75 Å². The molecule has 1 fully saturated rings. The normalized spacial score (nSPS) is 29.0. The summed E-state index contributed by atoms with van der Waals surface area (Å²) in [4.78, 5) is 0. The molecule has 0 radical (unpaired) electrons. The highest BCUT2D eigenvalue weighted by atomic mass is 35.5. The van der Waals surface area contributed by atoms with Crippen LogP contribution in [0.25, 0.3) is 0 Å². The lowest BCUT2D eigenvalue weighted by atomic mass is 10.3. The van der Waals surface area contributed by atoms with Crippen LogP contribution >= 0.6 is 11.6 Å². The second-order valence-corrected chi connectivity index (χ2v) is 4.07. The van der Waals surface area contributed by atoms with Crippen molar-refractivity contribution in [3.05, 3.63) is 29.3 Å². The monoisotopic (exact) mass is 260 g/mol. The minimum atomic E-state index is -1.33. The summed E-state index contributed by atoms with van der Waals surface area (Å²) in [5.74, 6) is 0.651. The van der Waals surface area contributed by atoms with Crippen molar-refractivity contribution in [1.29, 1.82) is 0 Å². The number of benzene rings is 1. The van der Waals surface area contributed by atoms with Gasteiger partial charge >= 0.3 is 0 Å². The Morgan fingerprint density at radius 1 is 1.24 bits per heavy atom. The first-order chi connectivity index (χ1) is 8.15. The Labute approximate surface area is 103 Å². The van der Waals surface area contributed by atoms with E-state index in [1.165, 1.54) is 0 Å². The van der Waals surface area contributed by atoms with Crippen molar-refractivity contribution in [3.8, 4) is 5.75 Å². The van der Waals surface area contributed by atoms with Crippen molar-refractivity contribution < 1.29 is 24.4 Å². The Bertz CT molecular complexity index is 355. The molecule has 5 nitrogen and oxygen atoms in total. The molecule has 17 heavy (non-hydrogen) atoms. The van der Waals surface area contributed by atoms with E-state index in [9.17, 15) is 5.11 Å². The van der Waals surface area contributed by atoms with Gasteiger partial charge in [0.25, 0.3) is 0 Å². The van der Waals surface area contributed by atoms with E-state index < -0.39 is 18.7 Å². The van der Waals surface area contributed by atoms with Gasteiger partial charge in [-0.1, -0.05) is 11.6 Å². The fraction of sp³-hybridized carbons (Fsp3) is 0.455. The van der Waals surface area contributed by atoms with E-state index >= 15 is 0 Å². The van der Waals surface area contributed by atoms with Gasteiger partial charge in [0, 0.05) is 5.02 Å². The van der Waals surface area contributed by atoms with Crippen LogP contribution in [0.3, 0.4) is 0 Å². The lowest BCUT2D eigenvalue weighted by molar-refractivity contribution is -0.316. The van der Waals surface area contributed by atoms with E-state index in [1.807, 2.05) is 0 Å². The molecule has 1 aromatic rings. The lowest BCUT2D eigenvalue weighted by Crippen LogP contribution is -2.45. The molecule has 0 bridgehead atoms. The number of aliphatic hydroxyl groups is 2. The van der Waals surface area contributed by atoms with Gasteiger partial charge in [0.15, 0.2) is 0 Å². The molecule has 0 aromatic heterocycles. The van der Waals surface area contributed by atoms with Gasteiger partial charge < -0.3 is 24.4 Å². The molecule has 0 aliphatic carbocycles. The second-order valence-electron chi connectivity index (χ2n) is 3.64. The summed E-state index contributed by atoms with van der Waals surface area (Å²) in [6.07, 6.45) is -3.03. The Morgan fingerprint density at radius 3 is 2.59 bits per heavy atom. The highest BCUT2D eigenvalue weighted by molar-refractivity contribution is 6.30. The topological polar surface area (TPSA) is 68.2 Å². The molecule has 2 rings (SSSR count). The maximum atomic E-state index is 9.21. The van der Waals surface area contributed by atoms with Crippen LogP contribution in [0, 0.1) is 0 Å². The highest BCUT2D eigenvalue weighted by Crippen LogP contribution is 2.17. The predicted octanol–water partition coefficient (Wildman–Crippen LogP) is 0.771. The summed E-state index contributed by atoms with van der Waals surface area (Å²) in [6.45, 7) is 0.400. The van der Waals surface area contributed by atoms with E-state index in [0.717, 1.165) is 0 Å². The third-order valence-electron chi connectivity index (χ3n) is 2.28. The first-order valence-corrected chi connectivity index (χ1v) is 5.54. The molecule has 1 aliphatic rings. The summed E-state index contributed by atoms with van der Waals surface area (Å²) >= 11 is 5.73. The molecule has 3 atom stereocenters. The zero-order valence-corrected chi connectivity index (χ0v) is 9.71. The molecule has 0 unspecified atom stereocenters. The summed E-state index contributed by atoms with van der Waals surface area (Å²) < 4.78 is 15.4. The molecule has 1 heterocycles. The SMILES string of the molecule is O[C@@H]1O[C@H](COc2ccc(Cl)cc2)CO[C@@H]1O. The van der Waals surface area contributed by atoms with Crippen LogP contribution in [-0.2, 0) is 9.47 Å². The fourth-order valence-corrected chi connectivity index (χ4v) is 1.53. The number of ether oxygens (including phenoxy) is 3. The van der Waals surface area contributed by atoms with Gasteiger partial charge in [-0.3, -0.25) is 0 Å². The average molecular weight is 261 g/mol. The van der Waals surface area contributed by atoms with Crippen LogP contribution in [0.2, 0.25) is 5.02 Å². The maximum Gasteiger partial charge on any atom is 0.207 e. The fourth-order valence-electron chi connectivity index (χ4n) is 1.40. The van der Waals surface area contributed by atoms with Gasteiger partial charge in [0.1, 0.15) is 18.5 Å².